The van der Waals surface area contributed by atoms with E-state index in [2.05, 4.69) is 31.7 Å². The van der Waals surface area contributed by atoms with E-state index in [4.69, 9.17) is 5.26 Å². The maximum atomic E-state index is 9.01. The molecule has 1 atom stereocenters. The third-order valence-electron chi connectivity index (χ3n) is 2.98. The fraction of sp³-hybridized carbons (Fsp3) is 0.462. The highest BCUT2D eigenvalue weighted by Crippen LogP contribution is 2.22. The number of benzene rings is 1. The van der Waals surface area contributed by atoms with Crippen molar-refractivity contribution in [2.24, 2.45) is 5.92 Å². The van der Waals surface area contributed by atoms with Gasteiger partial charge in [-0.3, -0.25) is 0 Å². The number of nitriles is 1. The molecule has 0 bridgehead atoms. The van der Waals surface area contributed by atoms with Crippen LogP contribution in [0.3, 0.4) is 0 Å². The molecule has 0 aromatic heterocycles. The summed E-state index contributed by atoms with van der Waals surface area (Å²) in [5.74, 6) is 0.571. The summed E-state index contributed by atoms with van der Waals surface area (Å²) in [6.45, 7) is 6.56. The molecule has 0 saturated carbocycles. The average Bonchev–Trinajstić information content (AvgIpc) is 2.26. The Labute approximate surface area is 92.1 Å². The molecule has 1 aromatic rings. The average molecular weight is 202 g/mol. The minimum atomic E-state index is 0.430. The van der Waals surface area contributed by atoms with Crippen molar-refractivity contribution in [3.8, 4) is 6.07 Å². The van der Waals surface area contributed by atoms with Gasteiger partial charge in [0.25, 0.3) is 0 Å². The van der Waals surface area contributed by atoms with Crippen LogP contribution in [0.1, 0.15) is 26.3 Å². The van der Waals surface area contributed by atoms with Crippen molar-refractivity contribution in [2.45, 2.75) is 26.8 Å². The second-order valence-corrected chi connectivity index (χ2v) is 4.22. The monoisotopic (exact) mass is 202 g/mol. The van der Waals surface area contributed by atoms with Gasteiger partial charge >= 0.3 is 0 Å². The Morgan fingerprint density at radius 1 is 1.20 bits per heavy atom. The lowest BCUT2D eigenvalue weighted by atomic mass is 10.0. The zero-order chi connectivity index (χ0) is 11.4. The van der Waals surface area contributed by atoms with Crippen LogP contribution in [0.15, 0.2) is 24.3 Å². The Balaban J connectivity index is 3.01. The molecule has 0 aliphatic rings. The van der Waals surface area contributed by atoms with E-state index in [0.29, 0.717) is 12.0 Å². The molecular formula is C13H18N2. The zero-order valence-corrected chi connectivity index (χ0v) is 9.86. The third-order valence-corrected chi connectivity index (χ3v) is 2.98. The molecule has 2 heteroatoms. The second kappa shape index (κ2) is 4.84. The van der Waals surface area contributed by atoms with Gasteiger partial charge in [-0.1, -0.05) is 26.0 Å². The van der Waals surface area contributed by atoms with Gasteiger partial charge in [0.1, 0.15) is 6.07 Å². The quantitative estimate of drug-likeness (QED) is 0.753. The fourth-order valence-corrected chi connectivity index (χ4v) is 1.54. The molecule has 0 spiro atoms. The van der Waals surface area contributed by atoms with E-state index < -0.39 is 0 Å². The first-order valence-corrected chi connectivity index (χ1v) is 5.30. The molecule has 0 saturated heterocycles. The maximum absolute atomic E-state index is 9.01. The summed E-state index contributed by atoms with van der Waals surface area (Å²) in [6.07, 6.45) is 0. The third kappa shape index (κ3) is 2.50. The molecule has 0 radical (unpaired) electrons. The lowest BCUT2D eigenvalue weighted by molar-refractivity contribution is 0.505. The summed E-state index contributed by atoms with van der Waals surface area (Å²) >= 11 is 0. The van der Waals surface area contributed by atoms with E-state index in [1.165, 1.54) is 0 Å². The van der Waals surface area contributed by atoms with E-state index >= 15 is 0 Å². The maximum Gasteiger partial charge on any atom is 0.101 e. The van der Waals surface area contributed by atoms with Gasteiger partial charge in [-0.15, -0.1) is 0 Å². The number of hydrogen-bond acceptors (Lipinski definition) is 2. The minimum Gasteiger partial charge on any atom is -0.371 e. The SMILES string of the molecule is CC(C)C(C)N(C)c1ccccc1C#N. The first-order chi connectivity index (χ1) is 7.07. The number of para-hydroxylation sites is 1. The lowest BCUT2D eigenvalue weighted by Crippen LogP contribution is -2.33. The Morgan fingerprint density at radius 3 is 2.33 bits per heavy atom. The summed E-state index contributed by atoms with van der Waals surface area (Å²) < 4.78 is 0. The van der Waals surface area contributed by atoms with Crippen LogP contribution in [0.2, 0.25) is 0 Å². The van der Waals surface area contributed by atoms with E-state index in [-0.39, 0.29) is 0 Å². The molecule has 1 aromatic carbocycles. The van der Waals surface area contributed by atoms with Gasteiger partial charge in [-0.2, -0.15) is 5.26 Å². The van der Waals surface area contributed by atoms with Gasteiger partial charge in [0.05, 0.1) is 11.3 Å². The molecule has 1 rings (SSSR count). The highest BCUT2D eigenvalue weighted by Gasteiger charge is 2.15. The predicted octanol–water partition coefficient (Wildman–Crippen LogP) is 3.04. The molecule has 0 fully saturated rings. The van der Waals surface area contributed by atoms with Crippen molar-refractivity contribution >= 4 is 5.69 Å². The standard InChI is InChI=1S/C13H18N2/c1-10(2)11(3)15(4)13-8-6-5-7-12(13)9-14/h5-8,10-11H,1-4H3. The van der Waals surface area contributed by atoms with Crippen molar-refractivity contribution in [3.05, 3.63) is 29.8 Å². The van der Waals surface area contributed by atoms with Crippen LogP contribution < -0.4 is 4.90 Å². The van der Waals surface area contributed by atoms with Crippen molar-refractivity contribution in [1.29, 1.82) is 5.26 Å². The molecule has 0 aliphatic carbocycles. The Bertz CT molecular complexity index is 363. The van der Waals surface area contributed by atoms with E-state index in [0.717, 1.165) is 11.3 Å². The first kappa shape index (κ1) is 11.6. The van der Waals surface area contributed by atoms with E-state index in [1.54, 1.807) is 0 Å². The van der Waals surface area contributed by atoms with Crippen LogP contribution in [0, 0.1) is 17.2 Å². The topological polar surface area (TPSA) is 27.0 Å². The van der Waals surface area contributed by atoms with Crippen LogP contribution in [-0.2, 0) is 0 Å². The largest absolute Gasteiger partial charge is 0.371 e. The van der Waals surface area contributed by atoms with Gasteiger partial charge in [0.2, 0.25) is 0 Å². The second-order valence-electron chi connectivity index (χ2n) is 4.22. The normalized spacial score (nSPS) is 12.3. The molecule has 0 amide bonds. The van der Waals surface area contributed by atoms with Gasteiger partial charge in [-0.25, -0.2) is 0 Å². The Hall–Kier alpha value is -1.49. The highest BCUT2D eigenvalue weighted by molar-refractivity contribution is 5.59. The van der Waals surface area contributed by atoms with Crippen LogP contribution in [0.5, 0.6) is 0 Å². The van der Waals surface area contributed by atoms with Gasteiger partial charge in [0, 0.05) is 13.1 Å². The van der Waals surface area contributed by atoms with E-state index in [1.807, 2.05) is 31.3 Å². The van der Waals surface area contributed by atoms with Crippen LogP contribution in [0.4, 0.5) is 5.69 Å². The minimum absolute atomic E-state index is 0.430. The molecule has 15 heavy (non-hydrogen) atoms. The van der Waals surface area contributed by atoms with Crippen molar-refractivity contribution < 1.29 is 0 Å². The summed E-state index contributed by atoms with van der Waals surface area (Å²) in [6, 6.07) is 10.4. The zero-order valence-electron chi connectivity index (χ0n) is 9.86. The molecule has 2 nitrogen and oxygen atoms in total. The van der Waals surface area contributed by atoms with Crippen LogP contribution in [-0.4, -0.2) is 13.1 Å². The molecule has 80 valence electrons. The smallest absolute Gasteiger partial charge is 0.101 e. The fourth-order valence-electron chi connectivity index (χ4n) is 1.54. The lowest BCUT2D eigenvalue weighted by Gasteiger charge is -2.30. The van der Waals surface area contributed by atoms with Crippen LogP contribution >= 0.6 is 0 Å². The summed E-state index contributed by atoms with van der Waals surface area (Å²) in [7, 11) is 2.04. The molecule has 0 N–H and O–H groups in total. The number of hydrogen-bond donors (Lipinski definition) is 0. The number of rotatable bonds is 3. The highest BCUT2D eigenvalue weighted by atomic mass is 15.1. The van der Waals surface area contributed by atoms with Gasteiger partial charge < -0.3 is 4.90 Å². The summed E-state index contributed by atoms with van der Waals surface area (Å²) in [4.78, 5) is 2.17. The van der Waals surface area contributed by atoms with Crippen LogP contribution in [0.25, 0.3) is 0 Å². The summed E-state index contributed by atoms with van der Waals surface area (Å²) in [5, 5.41) is 9.01. The number of nitrogens with zero attached hydrogens (tertiary/aromatic N) is 2. The van der Waals surface area contributed by atoms with Gasteiger partial charge in [0.15, 0.2) is 0 Å². The summed E-state index contributed by atoms with van der Waals surface area (Å²) in [5.41, 5.74) is 1.76. The predicted molar refractivity (Wildman–Crippen MR) is 63.9 cm³/mol. The van der Waals surface area contributed by atoms with Crippen molar-refractivity contribution in [2.75, 3.05) is 11.9 Å². The molecule has 1 unspecified atom stereocenters. The Morgan fingerprint density at radius 2 is 1.80 bits per heavy atom. The van der Waals surface area contributed by atoms with Gasteiger partial charge in [-0.05, 0) is 25.0 Å². The Kier molecular flexibility index (Phi) is 3.74. The molecule has 0 heterocycles. The van der Waals surface area contributed by atoms with Crippen molar-refractivity contribution in [3.63, 3.8) is 0 Å². The number of anilines is 1. The molecule has 0 aliphatic heterocycles. The van der Waals surface area contributed by atoms with E-state index in [9.17, 15) is 0 Å². The molecular weight excluding hydrogens is 184 g/mol. The first-order valence-electron chi connectivity index (χ1n) is 5.30. The van der Waals surface area contributed by atoms with Crippen molar-refractivity contribution in [1.82, 2.24) is 0 Å².